The lowest BCUT2D eigenvalue weighted by atomic mass is 10.1. The van der Waals surface area contributed by atoms with E-state index in [1.807, 2.05) is 0 Å². The Morgan fingerprint density at radius 1 is 1.35 bits per heavy atom. The van der Waals surface area contributed by atoms with Crippen LogP contribution >= 0.6 is 0 Å². The summed E-state index contributed by atoms with van der Waals surface area (Å²) >= 11 is 0. The van der Waals surface area contributed by atoms with Gasteiger partial charge in [0.15, 0.2) is 5.69 Å². The summed E-state index contributed by atoms with van der Waals surface area (Å²) in [5, 5.41) is 9.55. The van der Waals surface area contributed by atoms with Crippen LogP contribution in [0.4, 0.5) is 19.0 Å². The van der Waals surface area contributed by atoms with E-state index in [2.05, 4.69) is 15.5 Å². The Bertz CT molecular complexity index is 360. The van der Waals surface area contributed by atoms with Gasteiger partial charge in [-0.2, -0.15) is 13.2 Å². The molecule has 94 valence electrons. The molecule has 1 atom stereocenters. The molecule has 0 aliphatic carbocycles. The largest absolute Gasteiger partial charge is 0.435 e. The molecule has 0 saturated carbocycles. The molecular formula is C10H12F3N3O. The number of alkyl halides is 3. The Kier molecular flexibility index (Phi) is 3.46. The third kappa shape index (κ3) is 3.29. The van der Waals surface area contributed by atoms with Gasteiger partial charge < -0.3 is 10.1 Å². The number of halogens is 3. The fraction of sp³-hybridized carbons (Fsp3) is 0.600. The van der Waals surface area contributed by atoms with Gasteiger partial charge in [-0.3, -0.25) is 0 Å². The minimum Gasteiger partial charge on any atom is -0.381 e. The highest BCUT2D eigenvalue weighted by Crippen LogP contribution is 2.27. The fourth-order valence-electron chi connectivity index (χ4n) is 1.57. The average molecular weight is 247 g/mol. The second-order valence-corrected chi connectivity index (χ2v) is 3.91. The zero-order chi connectivity index (χ0) is 12.3. The average Bonchev–Trinajstić information content (AvgIpc) is 2.78. The van der Waals surface area contributed by atoms with Gasteiger partial charge in [-0.15, -0.1) is 10.2 Å². The van der Waals surface area contributed by atoms with Crippen LogP contribution in [-0.4, -0.2) is 30.0 Å². The molecular weight excluding hydrogens is 235 g/mol. The summed E-state index contributed by atoms with van der Waals surface area (Å²) in [6.07, 6.45) is -3.48. The van der Waals surface area contributed by atoms with Crippen molar-refractivity contribution < 1.29 is 17.9 Å². The molecule has 1 unspecified atom stereocenters. The minimum atomic E-state index is -4.44. The van der Waals surface area contributed by atoms with Crippen molar-refractivity contribution in [2.75, 3.05) is 25.1 Å². The van der Waals surface area contributed by atoms with Gasteiger partial charge in [0.2, 0.25) is 0 Å². The Hall–Kier alpha value is -1.37. The van der Waals surface area contributed by atoms with Gasteiger partial charge in [0, 0.05) is 19.1 Å². The maximum atomic E-state index is 12.2. The number of ether oxygens (including phenoxy) is 1. The van der Waals surface area contributed by atoms with Crippen molar-refractivity contribution in [2.45, 2.75) is 12.6 Å². The van der Waals surface area contributed by atoms with Crippen LogP contribution < -0.4 is 5.32 Å². The van der Waals surface area contributed by atoms with Crippen LogP contribution in [0.25, 0.3) is 0 Å². The highest BCUT2D eigenvalue weighted by molar-refractivity contribution is 5.33. The van der Waals surface area contributed by atoms with E-state index < -0.39 is 11.9 Å². The zero-order valence-corrected chi connectivity index (χ0v) is 9.00. The van der Waals surface area contributed by atoms with Gasteiger partial charge in [0.05, 0.1) is 6.61 Å². The lowest BCUT2D eigenvalue weighted by Gasteiger charge is -2.10. The number of aromatic nitrogens is 2. The maximum Gasteiger partial charge on any atom is 0.435 e. The second kappa shape index (κ2) is 4.87. The Morgan fingerprint density at radius 3 is 2.71 bits per heavy atom. The van der Waals surface area contributed by atoms with Crippen molar-refractivity contribution in [1.82, 2.24) is 10.2 Å². The van der Waals surface area contributed by atoms with Gasteiger partial charge in [0.25, 0.3) is 0 Å². The van der Waals surface area contributed by atoms with Crippen LogP contribution in [0.5, 0.6) is 0 Å². The standard InChI is InChI=1S/C10H12F3N3O/c11-10(12,13)8-1-2-9(16-15-8)14-5-7-3-4-17-6-7/h1-2,7H,3-6H2,(H,14,16). The van der Waals surface area contributed by atoms with Crippen LogP contribution in [0.1, 0.15) is 12.1 Å². The van der Waals surface area contributed by atoms with E-state index >= 15 is 0 Å². The molecule has 4 nitrogen and oxygen atoms in total. The van der Waals surface area contributed by atoms with E-state index in [1.54, 1.807) is 0 Å². The molecule has 1 aliphatic heterocycles. The molecule has 0 radical (unpaired) electrons. The number of hydrogen-bond acceptors (Lipinski definition) is 4. The zero-order valence-electron chi connectivity index (χ0n) is 9.00. The summed E-state index contributed by atoms with van der Waals surface area (Å²) in [4.78, 5) is 0. The first-order valence-electron chi connectivity index (χ1n) is 5.28. The van der Waals surface area contributed by atoms with Crippen LogP contribution in [0, 0.1) is 5.92 Å². The summed E-state index contributed by atoms with van der Waals surface area (Å²) in [7, 11) is 0. The van der Waals surface area contributed by atoms with Gasteiger partial charge in [0.1, 0.15) is 5.82 Å². The SMILES string of the molecule is FC(F)(F)c1ccc(NCC2CCOC2)nn1. The summed E-state index contributed by atoms with van der Waals surface area (Å²) in [6, 6.07) is 2.20. The van der Waals surface area contributed by atoms with E-state index in [0.717, 1.165) is 19.1 Å². The molecule has 1 N–H and O–H groups in total. The maximum absolute atomic E-state index is 12.2. The number of anilines is 1. The highest BCUT2D eigenvalue weighted by atomic mass is 19.4. The van der Waals surface area contributed by atoms with Gasteiger partial charge in [-0.25, -0.2) is 0 Å². The quantitative estimate of drug-likeness (QED) is 0.886. The molecule has 0 amide bonds. The van der Waals surface area contributed by atoms with E-state index in [9.17, 15) is 13.2 Å². The molecule has 1 fully saturated rings. The van der Waals surface area contributed by atoms with Crippen molar-refractivity contribution in [3.8, 4) is 0 Å². The molecule has 0 aromatic carbocycles. The smallest absolute Gasteiger partial charge is 0.381 e. The van der Waals surface area contributed by atoms with Crippen molar-refractivity contribution in [1.29, 1.82) is 0 Å². The Morgan fingerprint density at radius 2 is 2.18 bits per heavy atom. The van der Waals surface area contributed by atoms with Crippen molar-refractivity contribution >= 4 is 5.82 Å². The molecule has 1 saturated heterocycles. The molecule has 0 bridgehead atoms. The van der Waals surface area contributed by atoms with E-state index in [1.165, 1.54) is 6.07 Å². The van der Waals surface area contributed by atoms with Crippen LogP contribution in [0.2, 0.25) is 0 Å². The summed E-state index contributed by atoms with van der Waals surface area (Å²) in [6.45, 7) is 2.06. The molecule has 7 heteroatoms. The molecule has 0 spiro atoms. The van der Waals surface area contributed by atoms with Crippen LogP contribution in [0.15, 0.2) is 12.1 Å². The van der Waals surface area contributed by atoms with Crippen molar-refractivity contribution in [2.24, 2.45) is 5.92 Å². The molecule has 1 aliphatic rings. The molecule has 17 heavy (non-hydrogen) atoms. The first-order chi connectivity index (χ1) is 8.05. The number of hydrogen-bond donors (Lipinski definition) is 1. The molecule has 1 aromatic heterocycles. The van der Waals surface area contributed by atoms with Gasteiger partial charge >= 0.3 is 6.18 Å². The van der Waals surface area contributed by atoms with Crippen LogP contribution in [-0.2, 0) is 10.9 Å². The third-order valence-corrected chi connectivity index (χ3v) is 2.55. The van der Waals surface area contributed by atoms with E-state index in [0.29, 0.717) is 24.9 Å². The molecule has 2 heterocycles. The normalized spacial score (nSPS) is 20.5. The molecule has 2 rings (SSSR count). The van der Waals surface area contributed by atoms with E-state index in [-0.39, 0.29) is 0 Å². The van der Waals surface area contributed by atoms with Crippen molar-refractivity contribution in [3.63, 3.8) is 0 Å². The lowest BCUT2D eigenvalue weighted by Crippen LogP contribution is -2.16. The predicted octanol–water partition coefficient (Wildman–Crippen LogP) is 1.94. The minimum absolute atomic E-state index is 0.352. The summed E-state index contributed by atoms with van der Waals surface area (Å²) in [5.74, 6) is 0.740. The lowest BCUT2D eigenvalue weighted by molar-refractivity contribution is -0.141. The topological polar surface area (TPSA) is 47.0 Å². The first-order valence-corrected chi connectivity index (χ1v) is 5.28. The first kappa shape index (κ1) is 12.1. The Labute approximate surface area is 96.2 Å². The summed E-state index contributed by atoms with van der Waals surface area (Å²) < 4.78 is 41.8. The van der Waals surface area contributed by atoms with Crippen LogP contribution in [0.3, 0.4) is 0 Å². The van der Waals surface area contributed by atoms with Crippen molar-refractivity contribution in [3.05, 3.63) is 17.8 Å². The second-order valence-electron chi connectivity index (χ2n) is 3.91. The third-order valence-electron chi connectivity index (χ3n) is 2.55. The number of nitrogens with zero attached hydrogens (tertiary/aromatic N) is 2. The number of nitrogens with one attached hydrogen (secondary N) is 1. The van der Waals surface area contributed by atoms with Gasteiger partial charge in [-0.1, -0.05) is 0 Å². The van der Waals surface area contributed by atoms with E-state index in [4.69, 9.17) is 4.74 Å². The summed E-state index contributed by atoms with van der Waals surface area (Å²) in [5.41, 5.74) is -0.979. The monoisotopic (exact) mass is 247 g/mol. The molecule has 1 aromatic rings. The predicted molar refractivity (Wildman–Crippen MR) is 54.4 cm³/mol. The fourth-order valence-corrected chi connectivity index (χ4v) is 1.57. The van der Waals surface area contributed by atoms with Gasteiger partial charge in [-0.05, 0) is 18.6 Å². The highest BCUT2D eigenvalue weighted by Gasteiger charge is 2.32. The number of rotatable bonds is 3. The Balaban J connectivity index is 1.89.